The molecule has 0 unspecified atom stereocenters. The van der Waals surface area contributed by atoms with Crippen molar-refractivity contribution in [3.63, 3.8) is 0 Å². The van der Waals surface area contributed by atoms with E-state index in [-0.39, 0.29) is 29.5 Å². The summed E-state index contributed by atoms with van der Waals surface area (Å²) in [6, 6.07) is 15.5. The molecule has 0 atom stereocenters. The first-order valence-corrected chi connectivity index (χ1v) is 9.91. The Kier molecular flexibility index (Phi) is 4.29. The molecule has 0 spiro atoms. The van der Waals surface area contributed by atoms with Gasteiger partial charge in [0, 0.05) is 22.1 Å². The zero-order chi connectivity index (χ0) is 21.7. The normalized spacial score (nSPS) is 12.6. The molecule has 5 rings (SSSR count). The van der Waals surface area contributed by atoms with Crippen LogP contribution in [-0.2, 0) is 11.2 Å². The van der Waals surface area contributed by atoms with Crippen molar-refractivity contribution in [2.24, 2.45) is 0 Å². The molecular weight excluding hydrogens is 392 g/mol. The Morgan fingerprint density at radius 2 is 1.65 bits per heavy atom. The summed E-state index contributed by atoms with van der Waals surface area (Å²) in [4.78, 5) is 38.8. The van der Waals surface area contributed by atoms with E-state index in [1.165, 1.54) is 0 Å². The van der Waals surface area contributed by atoms with Crippen molar-refractivity contribution in [2.75, 3.05) is 5.32 Å². The standard InChI is InChI=1S/C25H18N2O4/c1-13-10-14(2)25-18(11-13)20(27-31-25)12-21(28)26-19-9-5-8-17-22(19)24(30)16-7-4-3-6-15(16)23(17)29/h3-11H,12H2,1-2H3,(H,26,28). The molecule has 1 aromatic heterocycles. The van der Waals surface area contributed by atoms with Gasteiger partial charge in [-0.3, -0.25) is 14.4 Å². The van der Waals surface area contributed by atoms with E-state index in [2.05, 4.69) is 10.5 Å². The maximum Gasteiger partial charge on any atom is 0.230 e. The summed E-state index contributed by atoms with van der Waals surface area (Å²) < 4.78 is 5.42. The maximum atomic E-state index is 13.1. The number of carbonyl (C=O) groups is 3. The number of nitrogens with one attached hydrogen (secondary N) is 1. The number of fused-ring (bicyclic) bond motifs is 3. The Hall–Kier alpha value is -4.06. The highest BCUT2D eigenvalue weighted by molar-refractivity contribution is 6.30. The van der Waals surface area contributed by atoms with Crippen molar-refractivity contribution in [1.82, 2.24) is 5.16 Å². The number of hydrogen-bond acceptors (Lipinski definition) is 5. The second-order valence-corrected chi connectivity index (χ2v) is 7.74. The average Bonchev–Trinajstić information content (AvgIpc) is 3.14. The molecule has 0 saturated carbocycles. The van der Waals surface area contributed by atoms with Crippen molar-refractivity contribution in [1.29, 1.82) is 0 Å². The first-order chi connectivity index (χ1) is 14.9. The maximum absolute atomic E-state index is 13.1. The molecule has 31 heavy (non-hydrogen) atoms. The number of carbonyl (C=O) groups excluding carboxylic acids is 3. The number of nitrogens with zero attached hydrogens (tertiary/aromatic N) is 1. The summed E-state index contributed by atoms with van der Waals surface area (Å²) >= 11 is 0. The highest BCUT2D eigenvalue weighted by Crippen LogP contribution is 2.32. The number of aromatic nitrogens is 1. The smallest absolute Gasteiger partial charge is 0.230 e. The van der Waals surface area contributed by atoms with Gasteiger partial charge in [-0.25, -0.2) is 0 Å². The van der Waals surface area contributed by atoms with Crippen molar-refractivity contribution in [3.05, 3.63) is 93.7 Å². The van der Waals surface area contributed by atoms with E-state index in [1.54, 1.807) is 42.5 Å². The summed E-state index contributed by atoms with van der Waals surface area (Å²) in [6.07, 6.45) is -0.0156. The van der Waals surface area contributed by atoms with Gasteiger partial charge in [0.2, 0.25) is 5.91 Å². The van der Waals surface area contributed by atoms with Crippen LogP contribution in [0.2, 0.25) is 0 Å². The number of hydrogen-bond donors (Lipinski definition) is 1. The molecule has 6 nitrogen and oxygen atoms in total. The van der Waals surface area contributed by atoms with Gasteiger partial charge in [0.25, 0.3) is 0 Å². The van der Waals surface area contributed by atoms with Gasteiger partial charge < -0.3 is 9.84 Å². The molecule has 1 aliphatic carbocycles. The molecule has 3 aromatic carbocycles. The van der Waals surface area contributed by atoms with E-state index in [9.17, 15) is 14.4 Å². The topological polar surface area (TPSA) is 89.3 Å². The number of amides is 1. The molecule has 1 amide bonds. The molecule has 4 aromatic rings. The van der Waals surface area contributed by atoms with Crippen LogP contribution in [0.1, 0.15) is 48.7 Å². The summed E-state index contributed by atoms with van der Waals surface area (Å²) in [6.45, 7) is 3.90. The number of benzene rings is 3. The first kappa shape index (κ1) is 18.9. The fourth-order valence-electron chi connectivity index (χ4n) is 4.16. The minimum atomic E-state index is -0.345. The molecule has 0 fully saturated rings. The lowest BCUT2D eigenvalue weighted by Crippen LogP contribution is -2.24. The van der Waals surface area contributed by atoms with Crippen LogP contribution < -0.4 is 5.32 Å². The van der Waals surface area contributed by atoms with Gasteiger partial charge >= 0.3 is 0 Å². The van der Waals surface area contributed by atoms with Crippen LogP contribution in [0, 0.1) is 13.8 Å². The van der Waals surface area contributed by atoms with Crippen molar-refractivity contribution >= 4 is 34.1 Å². The number of aryl methyl sites for hydroxylation is 2. The summed E-state index contributed by atoms with van der Waals surface area (Å²) in [5, 5.41) is 7.65. The van der Waals surface area contributed by atoms with Crippen LogP contribution in [0.3, 0.4) is 0 Å². The van der Waals surface area contributed by atoms with Gasteiger partial charge in [0.15, 0.2) is 17.1 Å². The molecule has 0 radical (unpaired) electrons. The minimum absolute atomic E-state index is 0.0156. The minimum Gasteiger partial charge on any atom is -0.356 e. The van der Waals surface area contributed by atoms with E-state index in [1.807, 2.05) is 26.0 Å². The van der Waals surface area contributed by atoms with E-state index in [0.29, 0.717) is 33.7 Å². The van der Waals surface area contributed by atoms with Gasteiger partial charge in [-0.2, -0.15) is 0 Å². The van der Waals surface area contributed by atoms with Crippen LogP contribution >= 0.6 is 0 Å². The van der Waals surface area contributed by atoms with Crippen molar-refractivity contribution in [3.8, 4) is 0 Å². The van der Waals surface area contributed by atoms with Crippen LogP contribution in [-0.4, -0.2) is 22.6 Å². The van der Waals surface area contributed by atoms with Crippen molar-refractivity contribution < 1.29 is 18.9 Å². The summed E-state index contributed by atoms with van der Waals surface area (Å²) in [5.74, 6) is -0.851. The van der Waals surface area contributed by atoms with Gasteiger partial charge in [0.05, 0.1) is 17.7 Å². The molecular formula is C25H18N2O4. The van der Waals surface area contributed by atoms with E-state index < -0.39 is 0 Å². The molecule has 1 heterocycles. The summed E-state index contributed by atoms with van der Waals surface area (Å²) in [5.41, 5.74) is 4.73. The second kappa shape index (κ2) is 7.02. The second-order valence-electron chi connectivity index (χ2n) is 7.74. The Bertz CT molecular complexity index is 1410. The lowest BCUT2D eigenvalue weighted by Gasteiger charge is -2.20. The van der Waals surface area contributed by atoms with Gasteiger partial charge in [-0.05, 0) is 37.1 Å². The van der Waals surface area contributed by atoms with Gasteiger partial charge in [0.1, 0.15) is 5.69 Å². The average molecular weight is 410 g/mol. The fraction of sp³-hybridized carbons (Fsp3) is 0.120. The van der Waals surface area contributed by atoms with E-state index >= 15 is 0 Å². The lowest BCUT2D eigenvalue weighted by atomic mass is 9.83. The van der Waals surface area contributed by atoms with Crippen LogP contribution in [0.25, 0.3) is 11.0 Å². The largest absolute Gasteiger partial charge is 0.356 e. The van der Waals surface area contributed by atoms with E-state index in [4.69, 9.17) is 4.52 Å². The van der Waals surface area contributed by atoms with Crippen LogP contribution in [0.4, 0.5) is 5.69 Å². The third-order valence-electron chi connectivity index (χ3n) is 5.53. The molecule has 152 valence electrons. The monoisotopic (exact) mass is 410 g/mol. The molecule has 0 aliphatic heterocycles. The first-order valence-electron chi connectivity index (χ1n) is 9.91. The Morgan fingerprint density at radius 1 is 0.935 bits per heavy atom. The molecule has 1 aliphatic rings. The van der Waals surface area contributed by atoms with E-state index in [0.717, 1.165) is 16.5 Å². The lowest BCUT2D eigenvalue weighted by molar-refractivity contribution is -0.115. The van der Waals surface area contributed by atoms with Gasteiger partial charge in [-0.1, -0.05) is 47.6 Å². The Morgan fingerprint density at radius 3 is 2.42 bits per heavy atom. The summed E-state index contributed by atoms with van der Waals surface area (Å²) in [7, 11) is 0. The highest BCUT2D eigenvalue weighted by atomic mass is 16.5. The zero-order valence-corrected chi connectivity index (χ0v) is 17.0. The fourth-order valence-corrected chi connectivity index (χ4v) is 4.16. The Balaban J connectivity index is 1.48. The number of rotatable bonds is 3. The number of anilines is 1. The van der Waals surface area contributed by atoms with Crippen molar-refractivity contribution in [2.45, 2.75) is 20.3 Å². The molecule has 0 bridgehead atoms. The molecule has 6 heteroatoms. The quantitative estimate of drug-likeness (QED) is 0.476. The molecule has 1 N–H and O–H groups in total. The third-order valence-corrected chi connectivity index (χ3v) is 5.53. The predicted octanol–water partition coefficient (Wildman–Crippen LogP) is 4.40. The van der Waals surface area contributed by atoms with Crippen LogP contribution in [0.15, 0.2) is 59.1 Å². The zero-order valence-electron chi connectivity index (χ0n) is 17.0. The predicted molar refractivity (Wildman–Crippen MR) is 116 cm³/mol. The highest BCUT2D eigenvalue weighted by Gasteiger charge is 2.31. The number of ketones is 2. The van der Waals surface area contributed by atoms with Gasteiger partial charge in [-0.15, -0.1) is 0 Å². The molecule has 0 saturated heterocycles. The SMILES string of the molecule is Cc1cc(C)c2onc(CC(=O)Nc3cccc4c3C(=O)c3ccccc3C4=O)c2c1. The third kappa shape index (κ3) is 3.04. The van der Waals surface area contributed by atoms with Crippen LogP contribution in [0.5, 0.6) is 0 Å². The Labute approximate surface area is 177 Å².